The third kappa shape index (κ3) is 5.40. The Kier molecular flexibility index (Phi) is 6.72. The lowest BCUT2D eigenvalue weighted by Crippen LogP contribution is -2.30. The lowest BCUT2D eigenvalue weighted by Gasteiger charge is -2.12. The Morgan fingerprint density at radius 2 is 1.55 bits per heavy atom. The summed E-state index contributed by atoms with van der Waals surface area (Å²) in [4.78, 5) is 26.1. The molecule has 0 aromatic heterocycles. The van der Waals surface area contributed by atoms with E-state index in [1.807, 2.05) is 42.5 Å². The van der Waals surface area contributed by atoms with E-state index in [4.69, 9.17) is 16.3 Å². The highest BCUT2D eigenvalue weighted by molar-refractivity contribution is 6.30. The average Bonchev–Trinajstić information content (AvgIpc) is 2.85. The highest BCUT2D eigenvalue weighted by atomic mass is 35.5. The molecule has 6 heteroatoms. The molecule has 2 N–H and O–H groups in total. The van der Waals surface area contributed by atoms with Crippen molar-refractivity contribution in [3.8, 4) is 5.75 Å². The normalized spacial score (nSPS) is 11.2. The minimum absolute atomic E-state index is 0.113. The molecule has 5 nitrogen and oxygen atoms in total. The minimum atomic E-state index is -0.452. The maximum absolute atomic E-state index is 13.2. The lowest BCUT2D eigenvalue weighted by molar-refractivity contribution is -0.113. The molecule has 0 fully saturated rings. The molecule has 0 aliphatic heterocycles. The quantitative estimate of drug-likeness (QED) is 0.354. The van der Waals surface area contributed by atoms with Crippen molar-refractivity contribution in [1.82, 2.24) is 5.32 Å². The molecule has 2 amide bonds. The van der Waals surface area contributed by atoms with Gasteiger partial charge in [-0.3, -0.25) is 9.59 Å². The van der Waals surface area contributed by atoms with Crippen LogP contribution in [0.5, 0.6) is 5.75 Å². The van der Waals surface area contributed by atoms with Crippen LogP contribution in [0, 0.1) is 0 Å². The zero-order valence-corrected chi connectivity index (χ0v) is 18.6. The molecular weight excluding hydrogens is 436 g/mol. The number of carbonyl (C=O) groups is 2. The van der Waals surface area contributed by atoms with Crippen molar-refractivity contribution in [3.63, 3.8) is 0 Å². The molecule has 0 aliphatic carbocycles. The highest BCUT2D eigenvalue weighted by Gasteiger charge is 2.16. The van der Waals surface area contributed by atoms with E-state index in [0.29, 0.717) is 22.0 Å². The number of carbonyl (C=O) groups excluding carboxylic acids is 2. The molecule has 0 saturated heterocycles. The molecule has 164 valence electrons. The van der Waals surface area contributed by atoms with Crippen molar-refractivity contribution in [3.05, 3.63) is 113 Å². The molecule has 33 heavy (non-hydrogen) atoms. The van der Waals surface area contributed by atoms with Gasteiger partial charge in [-0.15, -0.1) is 0 Å². The third-order valence-electron chi connectivity index (χ3n) is 5.07. The summed E-state index contributed by atoms with van der Waals surface area (Å²) in [6.45, 7) is 0. The lowest BCUT2D eigenvalue weighted by atomic mass is 10.0. The van der Waals surface area contributed by atoms with Crippen molar-refractivity contribution in [1.29, 1.82) is 0 Å². The van der Waals surface area contributed by atoms with Crippen molar-refractivity contribution >= 4 is 46.0 Å². The van der Waals surface area contributed by atoms with E-state index in [-0.39, 0.29) is 5.70 Å². The monoisotopic (exact) mass is 456 g/mol. The molecule has 0 unspecified atom stereocenters. The summed E-state index contributed by atoms with van der Waals surface area (Å²) in [7, 11) is 1.56. The average molecular weight is 457 g/mol. The Hall–Kier alpha value is -4.09. The van der Waals surface area contributed by atoms with Gasteiger partial charge in [-0.25, -0.2) is 0 Å². The molecule has 0 radical (unpaired) electrons. The van der Waals surface area contributed by atoms with Gasteiger partial charge < -0.3 is 15.4 Å². The largest absolute Gasteiger partial charge is 0.497 e. The zero-order valence-electron chi connectivity index (χ0n) is 17.8. The van der Waals surface area contributed by atoms with Crippen molar-refractivity contribution in [2.24, 2.45) is 0 Å². The molecule has 4 aromatic rings. The number of hydrogen-bond acceptors (Lipinski definition) is 3. The van der Waals surface area contributed by atoms with Crippen LogP contribution in [0.1, 0.15) is 15.9 Å². The Morgan fingerprint density at radius 3 is 2.27 bits per heavy atom. The third-order valence-corrected chi connectivity index (χ3v) is 5.32. The van der Waals surface area contributed by atoms with Crippen molar-refractivity contribution in [2.45, 2.75) is 0 Å². The van der Waals surface area contributed by atoms with E-state index in [0.717, 1.165) is 16.3 Å². The second-order valence-corrected chi connectivity index (χ2v) is 7.71. The second kappa shape index (κ2) is 10.0. The number of rotatable bonds is 6. The molecule has 4 aromatic carbocycles. The summed E-state index contributed by atoms with van der Waals surface area (Å²) in [5, 5.41) is 8.13. The fourth-order valence-electron chi connectivity index (χ4n) is 3.36. The predicted molar refractivity (Wildman–Crippen MR) is 132 cm³/mol. The number of amides is 2. The van der Waals surface area contributed by atoms with E-state index < -0.39 is 11.8 Å². The van der Waals surface area contributed by atoms with Crippen LogP contribution in [-0.4, -0.2) is 18.9 Å². The van der Waals surface area contributed by atoms with Crippen LogP contribution in [0.2, 0.25) is 5.02 Å². The number of nitrogens with one attached hydrogen (secondary N) is 2. The van der Waals surface area contributed by atoms with Gasteiger partial charge in [-0.1, -0.05) is 54.1 Å². The molecule has 0 heterocycles. The topological polar surface area (TPSA) is 67.4 Å². The fraction of sp³-hybridized carbons (Fsp3) is 0.0370. The summed E-state index contributed by atoms with van der Waals surface area (Å²) in [6.07, 6.45) is 1.68. The molecule has 0 spiro atoms. The Labute approximate surface area is 196 Å². The number of methoxy groups -OCH3 is 1. The number of fused-ring (bicyclic) bond motifs is 1. The van der Waals surface area contributed by atoms with Crippen LogP contribution in [0.4, 0.5) is 5.69 Å². The Morgan fingerprint density at radius 1 is 0.848 bits per heavy atom. The van der Waals surface area contributed by atoms with Gasteiger partial charge in [0.15, 0.2) is 0 Å². The van der Waals surface area contributed by atoms with Crippen molar-refractivity contribution in [2.75, 3.05) is 12.4 Å². The minimum Gasteiger partial charge on any atom is -0.497 e. The summed E-state index contributed by atoms with van der Waals surface area (Å²) in [6, 6.07) is 27.1. The Bertz CT molecular complexity index is 1320. The molecule has 0 atom stereocenters. The van der Waals surface area contributed by atoms with Crippen LogP contribution in [-0.2, 0) is 4.79 Å². The number of anilines is 1. The van der Waals surface area contributed by atoms with Gasteiger partial charge in [0.1, 0.15) is 11.4 Å². The number of benzene rings is 4. The number of halogens is 1. The van der Waals surface area contributed by atoms with Gasteiger partial charge in [0, 0.05) is 16.3 Å². The molecular formula is C27H21ClN2O3. The predicted octanol–water partition coefficient (Wildman–Crippen LogP) is 5.91. The van der Waals surface area contributed by atoms with Gasteiger partial charge in [0.25, 0.3) is 11.8 Å². The van der Waals surface area contributed by atoms with Gasteiger partial charge in [-0.2, -0.15) is 0 Å². The first-order valence-electron chi connectivity index (χ1n) is 10.3. The van der Waals surface area contributed by atoms with Crippen LogP contribution in [0.15, 0.2) is 96.7 Å². The van der Waals surface area contributed by atoms with E-state index in [2.05, 4.69) is 10.6 Å². The van der Waals surface area contributed by atoms with E-state index in [1.165, 1.54) is 0 Å². The summed E-state index contributed by atoms with van der Waals surface area (Å²) in [5.41, 5.74) is 1.89. The fourth-order valence-corrected chi connectivity index (χ4v) is 3.48. The highest BCUT2D eigenvalue weighted by Crippen LogP contribution is 2.22. The van der Waals surface area contributed by atoms with Gasteiger partial charge in [-0.05, 0) is 70.9 Å². The van der Waals surface area contributed by atoms with Gasteiger partial charge >= 0.3 is 0 Å². The first kappa shape index (κ1) is 22.1. The number of ether oxygens (including phenoxy) is 1. The summed E-state index contributed by atoms with van der Waals surface area (Å²) >= 11 is 5.94. The molecule has 4 rings (SSSR count). The SMILES string of the molecule is COc1ccc(C(=O)NC(=Cc2cccc3ccccc23)C(=O)Nc2ccc(Cl)cc2)cc1. The van der Waals surface area contributed by atoms with Crippen LogP contribution >= 0.6 is 11.6 Å². The van der Waals surface area contributed by atoms with E-state index in [9.17, 15) is 9.59 Å². The summed E-state index contributed by atoms with van der Waals surface area (Å²) in [5.74, 6) is -0.221. The molecule has 0 saturated carbocycles. The maximum atomic E-state index is 13.2. The van der Waals surface area contributed by atoms with Crippen LogP contribution in [0.3, 0.4) is 0 Å². The number of hydrogen-bond donors (Lipinski definition) is 2. The standard InChI is InChI=1S/C27H21ClN2O3/c1-33-23-15-9-19(10-16-23)26(31)30-25(27(32)29-22-13-11-21(28)12-14-22)17-20-7-4-6-18-5-2-3-8-24(18)20/h2-17H,1H3,(H,29,32)(H,30,31). The van der Waals surface area contributed by atoms with E-state index in [1.54, 1.807) is 61.7 Å². The maximum Gasteiger partial charge on any atom is 0.272 e. The van der Waals surface area contributed by atoms with Crippen LogP contribution < -0.4 is 15.4 Å². The van der Waals surface area contributed by atoms with Crippen molar-refractivity contribution < 1.29 is 14.3 Å². The van der Waals surface area contributed by atoms with Gasteiger partial charge in [0.05, 0.1) is 7.11 Å². The first-order chi connectivity index (χ1) is 16.0. The molecule has 0 aliphatic rings. The molecule has 0 bridgehead atoms. The second-order valence-electron chi connectivity index (χ2n) is 7.27. The van der Waals surface area contributed by atoms with Gasteiger partial charge in [0.2, 0.25) is 0 Å². The Balaban J connectivity index is 1.69. The zero-order chi connectivity index (χ0) is 23.2. The van der Waals surface area contributed by atoms with Crippen LogP contribution in [0.25, 0.3) is 16.8 Å². The summed E-state index contributed by atoms with van der Waals surface area (Å²) < 4.78 is 5.15. The van der Waals surface area contributed by atoms with E-state index >= 15 is 0 Å². The smallest absolute Gasteiger partial charge is 0.272 e. The first-order valence-corrected chi connectivity index (χ1v) is 10.6.